The molecule has 1 amide bonds. The molecule has 1 rings (SSSR count). The summed E-state index contributed by atoms with van der Waals surface area (Å²) in [6.45, 7) is 2.76. The monoisotopic (exact) mass is 232 g/mol. The first-order valence-corrected chi connectivity index (χ1v) is 5.66. The minimum atomic E-state index is -0.122. The van der Waals surface area contributed by atoms with Crippen molar-refractivity contribution in [3.8, 4) is 11.8 Å². The minimum absolute atomic E-state index is 0.00954. The summed E-state index contributed by atoms with van der Waals surface area (Å²) in [5.41, 5.74) is 0.574. The van der Waals surface area contributed by atoms with Crippen LogP contribution in [0.1, 0.15) is 25.3 Å². The smallest absolute Gasteiger partial charge is 0.257 e. The van der Waals surface area contributed by atoms with Gasteiger partial charge >= 0.3 is 0 Å². The van der Waals surface area contributed by atoms with Crippen LogP contribution in [0.15, 0.2) is 24.3 Å². The molecule has 4 heteroatoms. The van der Waals surface area contributed by atoms with E-state index in [1.165, 1.54) is 0 Å². The highest BCUT2D eigenvalue weighted by Crippen LogP contribution is 2.10. The molecule has 0 atom stereocenters. The largest absolute Gasteiger partial charge is 0.484 e. The molecule has 0 radical (unpaired) electrons. The Hall–Kier alpha value is -2.02. The Bertz CT molecular complexity index is 393. The number of benzene rings is 1. The number of nitrogens with one attached hydrogen (secondary N) is 1. The van der Waals surface area contributed by atoms with Gasteiger partial charge in [-0.25, -0.2) is 0 Å². The zero-order chi connectivity index (χ0) is 12.5. The zero-order valence-corrected chi connectivity index (χ0v) is 9.90. The highest BCUT2D eigenvalue weighted by atomic mass is 16.5. The van der Waals surface area contributed by atoms with Crippen molar-refractivity contribution in [3.05, 3.63) is 29.8 Å². The predicted octanol–water partition coefficient (Wildman–Crippen LogP) is 1.85. The lowest BCUT2D eigenvalue weighted by Crippen LogP contribution is -2.29. The summed E-state index contributed by atoms with van der Waals surface area (Å²) in [6, 6.07) is 8.69. The van der Waals surface area contributed by atoms with Gasteiger partial charge < -0.3 is 10.1 Å². The molecule has 1 N–H and O–H groups in total. The number of ether oxygens (including phenoxy) is 1. The molecule has 1 aromatic rings. The first kappa shape index (κ1) is 13.0. The van der Waals surface area contributed by atoms with Gasteiger partial charge in [-0.15, -0.1) is 0 Å². The maximum atomic E-state index is 11.3. The van der Waals surface area contributed by atoms with Crippen LogP contribution in [0.2, 0.25) is 0 Å². The number of unbranched alkanes of at least 4 members (excludes halogenated alkanes) is 1. The van der Waals surface area contributed by atoms with E-state index in [-0.39, 0.29) is 12.5 Å². The van der Waals surface area contributed by atoms with Crippen molar-refractivity contribution in [1.82, 2.24) is 5.32 Å². The van der Waals surface area contributed by atoms with E-state index in [0.29, 0.717) is 17.9 Å². The zero-order valence-electron chi connectivity index (χ0n) is 9.90. The van der Waals surface area contributed by atoms with Crippen LogP contribution in [0.4, 0.5) is 0 Å². The van der Waals surface area contributed by atoms with Crippen LogP contribution in [0.25, 0.3) is 0 Å². The van der Waals surface area contributed by atoms with Gasteiger partial charge in [-0.3, -0.25) is 4.79 Å². The van der Waals surface area contributed by atoms with E-state index in [1.807, 2.05) is 6.07 Å². The Balaban J connectivity index is 2.30. The molecule has 0 aliphatic rings. The molecule has 1 aromatic carbocycles. The molecular weight excluding hydrogens is 216 g/mol. The Morgan fingerprint density at radius 1 is 1.41 bits per heavy atom. The topological polar surface area (TPSA) is 62.1 Å². The number of rotatable bonds is 6. The average Bonchev–Trinajstić information content (AvgIpc) is 2.37. The van der Waals surface area contributed by atoms with Crippen molar-refractivity contribution in [1.29, 1.82) is 5.26 Å². The van der Waals surface area contributed by atoms with E-state index in [2.05, 4.69) is 12.2 Å². The molecule has 0 fully saturated rings. The van der Waals surface area contributed by atoms with Gasteiger partial charge in [-0.05, 0) is 30.7 Å². The fraction of sp³-hybridized carbons (Fsp3) is 0.385. The third-order valence-corrected chi connectivity index (χ3v) is 2.21. The van der Waals surface area contributed by atoms with Crippen molar-refractivity contribution in [3.63, 3.8) is 0 Å². The van der Waals surface area contributed by atoms with Crippen molar-refractivity contribution < 1.29 is 9.53 Å². The summed E-state index contributed by atoms with van der Waals surface area (Å²) >= 11 is 0. The van der Waals surface area contributed by atoms with E-state index in [1.54, 1.807) is 24.3 Å². The van der Waals surface area contributed by atoms with Gasteiger partial charge in [0, 0.05) is 6.54 Å². The number of nitriles is 1. The van der Waals surface area contributed by atoms with E-state index in [4.69, 9.17) is 10.00 Å². The number of hydrogen-bond donors (Lipinski definition) is 1. The van der Waals surface area contributed by atoms with Gasteiger partial charge in [0.25, 0.3) is 5.91 Å². The van der Waals surface area contributed by atoms with Gasteiger partial charge in [0.15, 0.2) is 6.61 Å². The molecular formula is C13H16N2O2. The summed E-state index contributed by atoms with van der Waals surface area (Å²) in [7, 11) is 0. The van der Waals surface area contributed by atoms with Crippen molar-refractivity contribution >= 4 is 5.91 Å². The number of carbonyl (C=O) groups excluding carboxylic acids is 1. The van der Waals surface area contributed by atoms with Gasteiger partial charge in [-0.1, -0.05) is 13.3 Å². The van der Waals surface area contributed by atoms with Crippen molar-refractivity contribution in [2.45, 2.75) is 19.8 Å². The third-order valence-electron chi connectivity index (χ3n) is 2.21. The van der Waals surface area contributed by atoms with Gasteiger partial charge in [-0.2, -0.15) is 5.26 Å². The highest BCUT2D eigenvalue weighted by Gasteiger charge is 2.01. The lowest BCUT2D eigenvalue weighted by Gasteiger charge is -2.06. The Kier molecular flexibility index (Phi) is 5.59. The lowest BCUT2D eigenvalue weighted by molar-refractivity contribution is -0.123. The van der Waals surface area contributed by atoms with Gasteiger partial charge in [0.05, 0.1) is 11.6 Å². The molecule has 0 spiro atoms. The molecule has 0 aliphatic carbocycles. The van der Waals surface area contributed by atoms with Crippen LogP contribution in [0.3, 0.4) is 0 Å². The van der Waals surface area contributed by atoms with Crippen LogP contribution in [-0.4, -0.2) is 19.1 Å². The first-order chi connectivity index (χ1) is 8.26. The summed E-state index contributed by atoms with van der Waals surface area (Å²) in [5, 5.41) is 11.4. The molecule has 90 valence electrons. The Labute approximate surface area is 101 Å². The number of amides is 1. The van der Waals surface area contributed by atoms with Crippen LogP contribution in [-0.2, 0) is 4.79 Å². The maximum absolute atomic E-state index is 11.3. The minimum Gasteiger partial charge on any atom is -0.484 e. The van der Waals surface area contributed by atoms with Crippen molar-refractivity contribution in [2.75, 3.05) is 13.2 Å². The SMILES string of the molecule is CCCCNC(=O)COc1ccc(C#N)cc1. The fourth-order valence-corrected chi connectivity index (χ4v) is 1.23. The molecule has 0 saturated carbocycles. The summed E-state index contributed by atoms with van der Waals surface area (Å²) in [4.78, 5) is 11.3. The van der Waals surface area contributed by atoms with Crippen LogP contribution in [0.5, 0.6) is 5.75 Å². The number of hydrogen-bond acceptors (Lipinski definition) is 3. The maximum Gasteiger partial charge on any atom is 0.257 e. The molecule has 0 saturated heterocycles. The molecule has 0 unspecified atom stereocenters. The summed E-state index contributed by atoms with van der Waals surface area (Å²) in [5.74, 6) is 0.470. The quantitative estimate of drug-likeness (QED) is 0.761. The van der Waals surface area contributed by atoms with Crippen LogP contribution < -0.4 is 10.1 Å². The third kappa shape index (κ3) is 5.03. The summed E-state index contributed by atoms with van der Waals surface area (Å²) in [6.07, 6.45) is 2.03. The second kappa shape index (κ2) is 7.29. The van der Waals surface area contributed by atoms with Crippen LogP contribution in [0, 0.1) is 11.3 Å². The van der Waals surface area contributed by atoms with Gasteiger partial charge in [0.1, 0.15) is 5.75 Å². The Morgan fingerprint density at radius 3 is 2.71 bits per heavy atom. The van der Waals surface area contributed by atoms with Crippen LogP contribution >= 0.6 is 0 Å². The molecule has 0 aliphatic heterocycles. The number of nitrogens with zero attached hydrogens (tertiary/aromatic N) is 1. The van der Waals surface area contributed by atoms with E-state index in [0.717, 1.165) is 12.8 Å². The fourth-order valence-electron chi connectivity index (χ4n) is 1.23. The summed E-state index contributed by atoms with van der Waals surface area (Å²) < 4.78 is 5.28. The van der Waals surface area contributed by atoms with Crippen molar-refractivity contribution in [2.24, 2.45) is 0 Å². The highest BCUT2D eigenvalue weighted by molar-refractivity contribution is 5.77. The molecule has 0 aromatic heterocycles. The lowest BCUT2D eigenvalue weighted by atomic mass is 10.2. The Morgan fingerprint density at radius 2 is 2.12 bits per heavy atom. The van der Waals surface area contributed by atoms with E-state index in [9.17, 15) is 4.79 Å². The average molecular weight is 232 g/mol. The predicted molar refractivity (Wildman–Crippen MR) is 64.6 cm³/mol. The first-order valence-electron chi connectivity index (χ1n) is 5.66. The molecule has 0 heterocycles. The normalized spacial score (nSPS) is 9.41. The second-order valence-electron chi connectivity index (χ2n) is 3.63. The standard InChI is InChI=1S/C13H16N2O2/c1-2-3-8-15-13(16)10-17-12-6-4-11(9-14)5-7-12/h4-7H,2-3,8,10H2,1H3,(H,15,16). The van der Waals surface area contributed by atoms with E-state index >= 15 is 0 Å². The van der Waals surface area contributed by atoms with E-state index < -0.39 is 0 Å². The van der Waals surface area contributed by atoms with Gasteiger partial charge in [0.2, 0.25) is 0 Å². The molecule has 4 nitrogen and oxygen atoms in total. The number of carbonyl (C=O) groups is 1. The second-order valence-corrected chi connectivity index (χ2v) is 3.63. The molecule has 0 bridgehead atoms. The molecule has 17 heavy (non-hydrogen) atoms.